The van der Waals surface area contributed by atoms with Crippen LogP contribution in [-0.4, -0.2) is 38.3 Å². The summed E-state index contributed by atoms with van der Waals surface area (Å²) in [5.74, 6) is -0.205. The zero-order valence-electron chi connectivity index (χ0n) is 7.22. The van der Waals surface area contributed by atoms with E-state index in [1.165, 1.54) is 7.11 Å². The van der Waals surface area contributed by atoms with Gasteiger partial charge in [0.05, 0.1) is 7.11 Å². The third kappa shape index (κ3) is 1.49. The summed E-state index contributed by atoms with van der Waals surface area (Å²) in [6, 6.07) is 0. The fourth-order valence-electron chi connectivity index (χ4n) is 1.18. The predicted octanol–water partition coefficient (Wildman–Crippen LogP) is -0.723. The van der Waals surface area contributed by atoms with Crippen LogP contribution >= 0.6 is 0 Å². The van der Waals surface area contributed by atoms with Crippen molar-refractivity contribution >= 4 is 5.97 Å². The molecule has 1 heterocycles. The van der Waals surface area contributed by atoms with Gasteiger partial charge in [-0.3, -0.25) is 5.32 Å². The van der Waals surface area contributed by atoms with Crippen LogP contribution in [0.3, 0.4) is 0 Å². The second-order valence-corrected chi connectivity index (χ2v) is 2.85. The van der Waals surface area contributed by atoms with Crippen molar-refractivity contribution in [3.8, 4) is 0 Å². The molecule has 1 aliphatic rings. The van der Waals surface area contributed by atoms with Gasteiger partial charge in [0, 0.05) is 19.6 Å². The van der Waals surface area contributed by atoms with Gasteiger partial charge in [-0.1, -0.05) is 6.08 Å². The fourth-order valence-corrected chi connectivity index (χ4v) is 1.18. The number of hydrogen-bond acceptors (Lipinski definition) is 4. The van der Waals surface area contributed by atoms with Gasteiger partial charge in [-0.2, -0.15) is 0 Å². The molecule has 1 rings (SSSR count). The van der Waals surface area contributed by atoms with Crippen molar-refractivity contribution in [3.63, 3.8) is 0 Å². The third-order valence-electron chi connectivity index (χ3n) is 2.01. The van der Waals surface area contributed by atoms with Crippen molar-refractivity contribution in [1.29, 1.82) is 0 Å². The number of carbonyl (C=O) groups excluding carboxylic acids is 1. The molecule has 0 aliphatic carbocycles. The maximum atomic E-state index is 11.3. The molecule has 0 aromatic heterocycles. The van der Waals surface area contributed by atoms with Crippen molar-refractivity contribution in [2.24, 2.45) is 0 Å². The summed E-state index contributed by atoms with van der Waals surface area (Å²) < 4.78 is 4.68. The molecule has 4 nitrogen and oxygen atoms in total. The second kappa shape index (κ2) is 3.69. The van der Waals surface area contributed by atoms with Gasteiger partial charge >= 0.3 is 5.97 Å². The van der Waals surface area contributed by atoms with Gasteiger partial charge in [0.1, 0.15) is 5.54 Å². The van der Waals surface area contributed by atoms with Gasteiger partial charge in [0.2, 0.25) is 0 Å². The van der Waals surface area contributed by atoms with Gasteiger partial charge < -0.3 is 10.1 Å². The Kier molecular flexibility index (Phi) is 2.83. The molecule has 2 N–H and O–H groups in total. The summed E-state index contributed by atoms with van der Waals surface area (Å²) in [6.07, 6.45) is 1.73. The van der Waals surface area contributed by atoms with Crippen LogP contribution in [0.15, 0.2) is 12.7 Å². The van der Waals surface area contributed by atoms with Gasteiger partial charge in [-0.05, 0) is 0 Å². The zero-order valence-corrected chi connectivity index (χ0v) is 7.22. The summed E-state index contributed by atoms with van der Waals surface area (Å²) in [5.41, 5.74) is -0.511. The van der Waals surface area contributed by atoms with Crippen molar-refractivity contribution in [3.05, 3.63) is 12.7 Å². The quantitative estimate of drug-likeness (QED) is 0.432. The van der Waals surface area contributed by atoms with E-state index in [0.29, 0.717) is 19.6 Å². The van der Waals surface area contributed by atoms with Crippen LogP contribution in [0.25, 0.3) is 0 Å². The molecule has 12 heavy (non-hydrogen) atoms. The molecule has 1 saturated heterocycles. The average molecular weight is 170 g/mol. The van der Waals surface area contributed by atoms with E-state index in [1.807, 2.05) is 0 Å². The maximum absolute atomic E-state index is 11.3. The van der Waals surface area contributed by atoms with Crippen LogP contribution in [-0.2, 0) is 9.53 Å². The van der Waals surface area contributed by atoms with Crippen molar-refractivity contribution in [1.82, 2.24) is 10.6 Å². The SMILES string of the molecule is C=CCNC1(C(=O)OC)CNC1. The average Bonchev–Trinajstić information content (AvgIpc) is 2.02. The van der Waals surface area contributed by atoms with Crippen molar-refractivity contribution in [2.45, 2.75) is 5.54 Å². The summed E-state index contributed by atoms with van der Waals surface area (Å²) >= 11 is 0. The molecule has 0 spiro atoms. The Morgan fingerprint density at radius 3 is 2.83 bits per heavy atom. The lowest BCUT2D eigenvalue weighted by Gasteiger charge is -2.40. The molecule has 1 aliphatic heterocycles. The summed E-state index contributed by atoms with van der Waals surface area (Å²) in [7, 11) is 1.40. The molecule has 0 radical (unpaired) electrons. The highest BCUT2D eigenvalue weighted by molar-refractivity contribution is 5.82. The third-order valence-corrected chi connectivity index (χ3v) is 2.01. The van der Waals surface area contributed by atoms with Gasteiger partial charge in [-0.25, -0.2) is 4.79 Å². The largest absolute Gasteiger partial charge is 0.468 e. The van der Waals surface area contributed by atoms with Gasteiger partial charge in [-0.15, -0.1) is 6.58 Å². The molecule has 0 atom stereocenters. The lowest BCUT2D eigenvalue weighted by atomic mass is 9.92. The fraction of sp³-hybridized carbons (Fsp3) is 0.625. The highest BCUT2D eigenvalue weighted by Crippen LogP contribution is 2.12. The van der Waals surface area contributed by atoms with E-state index < -0.39 is 5.54 Å². The normalized spacial score (nSPS) is 19.4. The van der Waals surface area contributed by atoms with E-state index in [2.05, 4.69) is 21.9 Å². The first-order valence-electron chi connectivity index (χ1n) is 3.90. The summed E-state index contributed by atoms with van der Waals surface area (Å²) in [4.78, 5) is 11.3. The highest BCUT2D eigenvalue weighted by atomic mass is 16.5. The Morgan fingerprint density at radius 2 is 2.50 bits per heavy atom. The monoisotopic (exact) mass is 170 g/mol. The van der Waals surface area contributed by atoms with Crippen LogP contribution in [0, 0.1) is 0 Å². The molecule has 4 heteroatoms. The van der Waals surface area contributed by atoms with Crippen LogP contribution < -0.4 is 10.6 Å². The lowest BCUT2D eigenvalue weighted by Crippen LogP contribution is -2.72. The molecule has 0 aromatic carbocycles. The Labute approximate surface area is 72.0 Å². The van der Waals surface area contributed by atoms with Crippen LogP contribution in [0.2, 0.25) is 0 Å². The number of hydrogen-bond donors (Lipinski definition) is 2. The minimum atomic E-state index is -0.511. The number of carbonyl (C=O) groups is 1. The molecular weight excluding hydrogens is 156 g/mol. The Morgan fingerprint density at radius 1 is 1.83 bits per heavy atom. The molecule has 0 saturated carbocycles. The van der Waals surface area contributed by atoms with E-state index >= 15 is 0 Å². The molecule has 68 valence electrons. The van der Waals surface area contributed by atoms with E-state index in [-0.39, 0.29) is 5.97 Å². The topological polar surface area (TPSA) is 50.4 Å². The first-order valence-corrected chi connectivity index (χ1v) is 3.90. The van der Waals surface area contributed by atoms with E-state index in [1.54, 1.807) is 6.08 Å². The number of ether oxygens (including phenoxy) is 1. The van der Waals surface area contributed by atoms with Crippen LogP contribution in [0.4, 0.5) is 0 Å². The number of nitrogens with one attached hydrogen (secondary N) is 2. The summed E-state index contributed by atoms with van der Waals surface area (Å²) in [6.45, 7) is 5.46. The first kappa shape index (κ1) is 9.22. The Balaban J connectivity index is 2.50. The molecule has 0 unspecified atom stereocenters. The van der Waals surface area contributed by atoms with Crippen LogP contribution in [0.5, 0.6) is 0 Å². The molecule has 0 bridgehead atoms. The van der Waals surface area contributed by atoms with Crippen molar-refractivity contribution in [2.75, 3.05) is 26.7 Å². The minimum Gasteiger partial charge on any atom is -0.468 e. The van der Waals surface area contributed by atoms with Crippen LogP contribution in [0.1, 0.15) is 0 Å². The highest BCUT2D eigenvalue weighted by Gasteiger charge is 2.44. The predicted molar refractivity (Wildman–Crippen MR) is 45.8 cm³/mol. The zero-order chi connectivity index (χ0) is 9.03. The molecule has 1 fully saturated rings. The lowest BCUT2D eigenvalue weighted by molar-refractivity contribution is -0.150. The summed E-state index contributed by atoms with van der Waals surface area (Å²) in [5, 5.41) is 6.11. The molecular formula is C8H14N2O2. The Bertz CT molecular complexity index is 187. The number of rotatable bonds is 4. The number of esters is 1. The van der Waals surface area contributed by atoms with Gasteiger partial charge in [0.25, 0.3) is 0 Å². The van der Waals surface area contributed by atoms with Gasteiger partial charge in [0.15, 0.2) is 0 Å². The van der Waals surface area contributed by atoms with E-state index in [0.717, 1.165) is 0 Å². The van der Waals surface area contributed by atoms with Crippen molar-refractivity contribution < 1.29 is 9.53 Å². The Hall–Kier alpha value is -0.870. The molecule has 0 aromatic rings. The minimum absolute atomic E-state index is 0.205. The number of methoxy groups -OCH3 is 1. The maximum Gasteiger partial charge on any atom is 0.328 e. The smallest absolute Gasteiger partial charge is 0.328 e. The van der Waals surface area contributed by atoms with E-state index in [4.69, 9.17) is 0 Å². The molecule has 0 amide bonds. The van der Waals surface area contributed by atoms with E-state index in [9.17, 15) is 4.79 Å². The standard InChI is InChI=1S/C8H14N2O2/c1-3-4-10-8(5-9-6-8)7(11)12-2/h3,9-10H,1,4-6H2,2H3. The first-order chi connectivity index (χ1) is 5.75. The second-order valence-electron chi connectivity index (χ2n) is 2.85.